The van der Waals surface area contributed by atoms with E-state index in [-0.39, 0.29) is 53.1 Å². The van der Waals surface area contributed by atoms with Gasteiger partial charge in [-0.2, -0.15) is 0 Å². The maximum Gasteiger partial charge on any atom is 0.262 e. The lowest BCUT2D eigenvalue weighted by Crippen LogP contribution is -2.55. The minimum absolute atomic E-state index is 0.00928. The van der Waals surface area contributed by atoms with Crippen molar-refractivity contribution in [2.45, 2.75) is 69.2 Å². The van der Waals surface area contributed by atoms with Crippen molar-refractivity contribution in [1.29, 1.82) is 0 Å². The summed E-state index contributed by atoms with van der Waals surface area (Å²) < 4.78 is 41.5. The van der Waals surface area contributed by atoms with Gasteiger partial charge in [0.05, 0.1) is 46.3 Å². The number of hydrogen-bond acceptors (Lipinski definition) is 13. The molecule has 3 N–H and O–H groups in total. The summed E-state index contributed by atoms with van der Waals surface area (Å²) in [4.78, 5) is 81.0. The average Bonchev–Trinajstić information content (AvgIpc) is 3.97. The minimum atomic E-state index is -1.11. The molecule has 0 saturated carbocycles. The van der Waals surface area contributed by atoms with E-state index in [9.17, 15) is 28.4 Å². The molecule has 0 aliphatic carbocycles. The second-order valence-corrected chi connectivity index (χ2v) is 18.3. The van der Waals surface area contributed by atoms with Crippen LogP contribution in [0.4, 0.5) is 31.7 Å². The molecule has 1 aromatic heterocycles. The molecular formula is C47H48ClF2N9O7. The maximum absolute atomic E-state index is 15.8. The number of carbonyl (C=O) groups excluding carboxylic acids is 5. The van der Waals surface area contributed by atoms with Crippen LogP contribution >= 0.6 is 11.6 Å². The second kappa shape index (κ2) is 18.3. The Morgan fingerprint density at radius 2 is 1.68 bits per heavy atom. The Labute approximate surface area is 383 Å². The number of benzene rings is 3. The Morgan fingerprint density at radius 1 is 0.909 bits per heavy atom. The molecule has 3 aromatic carbocycles. The first-order chi connectivity index (χ1) is 31.9. The topological polar surface area (TPSA) is 179 Å². The molecule has 10 rings (SSSR count). The van der Waals surface area contributed by atoms with Crippen LogP contribution in [-0.4, -0.2) is 131 Å². The number of piperidine rings is 2. The summed E-state index contributed by atoms with van der Waals surface area (Å²) in [5.41, 5.74) is 1.87. The number of carbonyl (C=O) groups is 5. The van der Waals surface area contributed by atoms with Crippen LogP contribution in [0, 0.1) is 17.6 Å². The standard InChI is InChI=1S/C47H48ClF2N9O7/c48-34-16-27(3-6-35(34)49)53-44-33-18-38(41(20-37(33)51-25-52-44)66-30-11-15-65-24-30)54-42(60)2-1-12-56-13-9-26(10-14-56)21-57-22-28-4-5-29(23-57)58(28)40-19-32-31(17-36(40)50)46(63)59(47(32)64)39-7-8-43(61)55-45(39)62/h1-3,6,16-20,25-26,28-30,39H,4-5,7-15,21-24H2,(H,54,60)(H,51,52,53)(H,55,61,62)/b2-1+. The van der Waals surface area contributed by atoms with E-state index >= 15 is 4.39 Å². The van der Waals surface area contributed by atoms with Crippen molar-refractivity contribution in [3.05, 3.63) is 88.7 Å². The Hall–Kier alpha value is -6.08. The number of halogens is 3. The molecule has 4 atom stereocenters. The van der Waals surface area contributed by atoms with Crippen molar-refractivity contribution in [2.75, 3.05) is 68.0 Å². The molecule has 7 heterocycles. The lowest BCUT2D eigenvalue weighted by atomic mass is 9.95. The van der Waals surface area contributed by atoms with Gasteiger partial charge < -0.3 is 25.0 Å². The largest absolute Gasteiger partial charge is 0.486 e. The fourth-order valence-corrected chi connectivity index (χ4v) is 10.5. The SMILES string of the molecule is O=C(/C=C/CN1CCC(CN2CC3CCC(C2)N3c2cc3c(cc2F)C(=O)N(C2CCC(=O)NC2=O)C3=O)CC1)Nc1cc2c(Nc3ccc(F)c(Cl)c3)ncnc2cc1OC1CCOC1. The molecule has 4 aromatic rings. The fraction of sp³-hybridized carbons (Fsp3) is 0.426. The van der Waals surface area contributed by atoms with E-state index in [0.29, 0.717) is 71.6 Å². The third kappa shape index (κ3) is 8.81. The third-order valence-corrected chi connectivity index (χ3v) is 13.8. The van der Waals surface area contributed by atoms with Crippen molar-refractivity contribution >= 4 is 74.9 Å². The van der Waals surface area contributed by atoms with Crippen molar-refractivity contribution in [3.8, 4) is 5.75 Å². The van der Waals surface area contributed by atoms with Crippen molar-refractivity contribution in [1.82, 2.24) is 30.0 Å². The van der Waals surface area contributed by atoms with Gasteiger partial charge in [0, 0.05) is 74.3 Å². The molecule has 5 fully saturated rings. The van der Waals surface area contributed by atoms with Crippen LogP contribution < -0.4 is 25.6 Å². The minimum Gasteiger partial charge on any atom is -0.486 e. The van der Waals surface area contributed by atoms with Gasteiger partial charge in [-0.15, -0.1) is 0 Å². The number of aromatic nitrogens is 2. The summed E-state index contributed by atoms with van der Waals surface area (Å²) in [6.07, 6.45) is 9.15. The zero-order valence-electron chi connectivity index (χ0n) is 35.9. The quantitative estimate of drug-likeness (QED) is 0.121. The van der Waals surface area contributed by atoms with E-state index in [1.165, 1.54) is 30.6 Å². The summed E-state index contributed by atoms with van der Waals surface area (Å²) in [6.45, 7) is 5.83. The highest BCUT2D eigenvalue weighted by Crippen LogP contribution is 2.40. The summed E-state index contributed by atoms with van der Waals surface area (Å²) in [7, 11) is 0. The molecular weight excluding hydrogens is 876 g/mol. The fourth-order valence-electron chi connectivity index (χ4n) is 10.3. The first kappa shape index (κ1) is 43.8. The Balaban J connectivity index is 0.731. The summed E-state index contributed by atoms with van der Waals surface area (Å²) in [6, 6.07) is 9.39. The van der Waals surface area contributed by atoms with Crippen LogP contribution in [0.15, 0.2) is 60.9 Å². The zero-order chi connectivity index (χ0) is 45.6. The molecule has 16 nitrogen and oxygen atoms in total. The van der Waals surface area contributed by atoms with E-state index in [4.69, 9.17) is 21.1 Å². The monoisotopic (exact) mass is 923 g/mol. The smallest absolute Gasteiger partial charge is 0.262 e. The number of imide groups is 2. The summed E-state index contributed by atoms with van der Waals surface area (Å²) in [5.74, 6) is -2.58. The van der Waals surface area contributed by atoms with E-state index in [1.54, 1.807) is 18.2 Å². The van der Waals surface area contributed by atoms with E-state index < -0.39 is 41.3 Å². The number of likely N-dealkylation sites (tertiary alicyclic amines) is 2. The van der Waals surface area contributed by atoms with Gasteiger partial charge in [0.1, 0.15) is 41.7 Å². The van der Waals surface area contributed by atoms with Crippen molar-refractivity contribution < 1.29 is 42.2 Å². The highest BCUT2D eigenvalue weighted by Gasteiger charge is 2.47. The van der Waals surface area contributed by atoms with Crippen LogP contribution in [-0.2, 0) is 19.1 Å². The highest BCUT2D eigenvalue weighted by molar-refractivity contribution is 6.31. The lowest BCUT2D eigenvalue weighted by molar-refractivity contribution is -0.136. The Bertz CT molecular complexity index is 2640. The number of ether oxygens (including phenoxy) is 2. The average molecular weight is 924 g/mol. The molecule has 0 spiro atoms. The number of anilines is 4. The van der Waals surface area contributed by atoms with Gasteiger partial charge in [-0.3, -0.25) is 44.0 Å². The van der Waals surface area contributed by atoms with Crippen LogP contribution in [0.25, 0.3) is 10.9 Å². The van der Waals surface area contributed by atoms with E-state index in [1.807, 2.05) is 6.08 Å². The third-order valence-electron chi connectivity index (χ3n) is 13.6. The van der Waals surface area contributed by atoms with Gasteiger partial charge in [-0.25, -0.2) is 18.7 Å². The number of fused-ring (bicyclic) bond motifs is 4. The van der Waals surface area contributed by atoms with Gasteiger partial charge in [0.25, 0.3) is 11.8 Å². The molecule has 6 aliphatic heterocycles. The number of nitrogens with zero attached hydrogens (tertiary/aromatic N) is 6. The van der Waals surface area contributed by atoms with Crippen LogP contribution in [0.2, 0.25) is 5.02 Å². The Kier molecular flexibility index (Phi) is 12.1. The molecule has 19 heteroatoms. The molecule has 66 heavy (non-hydrogen) atoms. The molecule has 6 aliphatic rings. The summed E-state index contributed by atoms with van der Waals surface area (Å²) >= 11 is 6.02. The maximum atomic E-state index is 15.8. The molecule has 2 bridgehead atoms. The number of hydrogen-bond donors (Lipinski definition) is 3. The van der Waals surface area contributed by atoms with Crippen LogP contribution in [0.1, 0.15) is 65.7 Å². The first-order valence-corrected chi connectivity index (χ1v) is 22.8. The number of nitrogens with one attached hydrogen (secondary N) is 3. The van der Waals surface area contributed by atoms with Crippen LogP contribution in [0.3, 0.4) is 0 Å². The normalized spacial score (nSPS) is 23.9. The molecule has 0 radical (unpaired) electrons. The highest BCUT2D eigenvalue weighted by atomic mass is 35.5. The zero-order valence-corrected chi connectivity index (χ0v) is 36.7. The molecule has 5 saturated heterocycles. The van der Waals surface area contributed by atoms with E-state index in [2.05, 4.69) is 40.6 Å². The van der Waals surface area contributed by atoms with Crippen molar-refractivity contribution in [2.24, 2.45) is 5.92 Å². The number of amides is 5. The number of rotatable bonds is 12. The molecule has 4 unspecified atom stereocenters. The van der Waals surface area contributed by atoms with Crippen LogP contribution in [0.5, 0.6) is 5.75 Å². The van der Waals surface area contributed by atoms with Crippen molar-refractivity contribution in [3.63, 3.8) is 0 Å². The lowest BCUT2D eigenvalue weighted by Gasteiger charge is -2.44. The van der Waals surface area contributed by atoms with Gasteiger partial charge in [0.15, 0.2) is 0 Å². The molecule has 344 valence electrons. The predicted octanol–water partition coefficient (Wildman–Crippen LogP) is 5.43. The van der Waals surface area contributed by atoms with Gasteiger partial charge in [-0.1, -0.05) is 17.7 Å². The van der Waals surface area contributed by atoms with Gasteiger partial charge in [0.2, 0.25) is 17.7 Å². The Morgan fingerprint density at radius 3 is 2.41 bits per heavy atom. The second-order valence-electron chi connectivity index (χ2n) is 17.9. The molecule has 5 amide bonds. The van der Waals surface area contributed by atoms with Gasteiger partial charge >= 0.3 is 0 Å². The van der Waals surface area contributed by atoms with Gasteiger partial charge in [-0.05, 0) is 87.5 Å². The van der Waals surface area contributed by atoms with E-state index in [0.717, 1.165) is 69.4 Å². The summed E-state index contributed by atoms with van der Waals surface area (Å²) in [5, 5.41) is 8.93. The predicted molar refractivity (Wildman–Crippen MR) is 240 cm³/mol. The first-order valence-electron chi connectivity index (χ1n) is 22.5. The number of piperazine rings is 1.